The fourth-order valence-electron chi connectivity index (χ4n) is 4.08. The maximum Gasteiger partial charge on any atom is 0.331 e. The van der Waals surface area contributed by atoms with Crippen molar-refractivity contribution >= 4 is 47.7 Å². The smallest absolute Gasteiger partial charge is 0.331 e. The monoisotopic (exact) mass is 450 g/mol. The van der Waals surface area contributed by atoms with Crippen molar-refractivity contribution in [3.05, 3.63) is 53.1 Å². The predicted octanol–water partition coefficient (Wildman–Crippen LogP) is 3.54. The van der Waals surface area contributed by atoms with Gasteiger partial charge in [0.1, 0.15) is 13.7 Å². The average Bonchev–Trinajstić information content (AvgIpc) is 2.68. The number of ether oxygens (including phenoxy) is 1. The highest BCUT2D eigenvalue weighted by molar-refractivity contribution is 7.02. The highest BCUT2D eigenvalue weighted by Gasteiger charge is 2.40. The molecule has 6 heteroatoms. The number of carbonyl (C=O) groups is 2. The van der Waals surface area contributed by atoms with E-state index < -0.39 is 19.6 Å². The summed E-state index contributed by atoms with van der Waals surface area (Å²) >= 11 is 0. The molecule has 0 aromatic heterocycles. The van der Waals surface area contributed by atoms with E-state index in [0.29, 0.717) is 5.56 Å². The van der Waals surface area contributed by atoms with Crippen LogP contribution < -0.4 is 20.2 Å². The van der Waals surface area contributed by atoms with Crippen LogP contribution in [-0.4, -0.2) is 53.6 Å². The molecule has 0 saturated heterocycles. The number of anilines is 2. The van der Waals surface area contributed by atoms with Crippen LogP contribution in [0.5, 0.6) is 0 Å². The van der Waals surface area contributed by atoms with Crippen molar-refractivity contribution in [3.8, 4) is 0 Å². The molecule has 5 nitrogen and oxygen atoms in total. The van der Waals surface area contributed by atoms with Crippen LogP contribution in [0, 0.1) is 0 Å². The number of carbonyl (C=O) groups excluding carboxylic acids is 2. The van der Waals surface area contributed by atoms with Crippen molar-refractivity contribution in [2.24, 2.45) is 0 Å². The molecule has 0 N–H and O–H groups in total. The lowest BCUT2D eigenvalue weighted by molar-refractivity contribution is -0.148. The van der Waals surface area contributed by atoms with Crippen molar-refractivity contribution in [3.63, 3.8) is 0 Å². The van der Waals surface area contributed by atoms with Crippen LogP contribution in [0.2, 0.25) is 13.1 Å². The number of fused-ring (bicyclic) bond motifs is 2. The van der Waals surface area contributed by atoms with Gasteiger partial charge < -0.3 is 14.5 Å². The van der Waals surface area contributed by atoms with Crippen LogP contribution in [0.3, 0.4) is 0 Å². The number of rotatable bonds is 4. The normalized spacial score (nSPS) is 14.7. The Kier molecular flexibility index (Phi) is 6.13. The Bertz CT molecular complexity index is 1110. The van der Waals surface area contributed by atoms with Gasteiger partial charge in [0.05, 0.1) is 0 Å². The van der Waals surface area contributed by atoms with Gasteiger partial charge in [-0.15, -0.1) is 0 Å². The first-order chi connectivity index (χ1) is 14.7. The molecule has 1 heterocycles. The van der Waals surface area contributed by atoms with Crippen molar-refractivity contribution in [1.29, 1.82) is 0 Å². The van der Waals surface area contributed by atoms with E-state index in [9.17, 15) is 9.59 Å². The first-order valence-corrected chi connectivity index (χ1v) is 13.9. The molecule has 0 spiro atoms. The molecule has 170 valence electrons. The van der Waals surface area contributed by atoms with Crippen molar-refractivity contribution in [2.45, 2.75) is 39.5 Å². The third-order valence-electron chi connectivity index (χ3n) is 5.81. The topological polar surface area (TPSA) is 49.9 Å². The van der Waals surface area contributed by atoms with Gasteiger partial charge in [-0.25, -0.2) is 4.79 Å². The largest absolute Gasteiger partial charge is 0.457 e. The van der Waals surface area contributed by atoms with Crippen LogP contribution in [0.15, 0.2) is 36.4 Å². The summed E-state index contributed by atoms with van der Waals surface area (Å²) in [6.07, 6.45) is 3.15. The number of nitrogens with zero attached hydrogens (tertiary/aromatic N) is 2. The average molecular weight is 451 g/mol. The molecule has 3 rings (SSSR count). The van der Waals surface area contributed by atoms with Crippen LogP contribution in [0.25, 0.3) is 6.08 Å². The molecule has 0 atom stereocenters. The summed E-state index contributed by atoms with van der Waals surface area (Å²) in [6.45, 7) is 10.1. The number of benzene rings is 2. The number of ketones is 1. The second-order valence-corrected chi connectivity index (χ2v) is 14.6. The van der Waals surface area contributed by atoms with E-state index in [2.05, 4.69) is 30.1 Å². The lowest BCUT2D eigenvalue weighted by atomic mass is 9.95. The molecule has 1 aliphatic rings. The lowest BCUT2D eigenvalue weighted by Crippen LogP contribution is -2.60. The first-order valence-electron chi connectivity index (χ1n) is 10.9. The standard InChI is InChI=1S/C26H34N2O3Si/c1-26(2,3)31-23(29)13-10-17-14-19(28(6)7)16-22-24(17)25(30)20-12-11-18(27(4)5)15-21(20)32(22,8)9/h10-16H,1-9H3/b13-10+. The molecule has 1 aliphatic heterocycles. The van der Waals surface area contributed by atoms with E-state index in [1.807, 2.05) is 72.1 Å². The van der Waals surface area contributed by atoms with Gasteiger partial charge in [-0.2, -0.15) is 0 Å². The van der Waals surface area contributed by atoms with Crippen molar-refractivity contribution in [1.82, 2.24) is 0 Å². The Morgan fingerprint density at radius 3 is 2.09 bits per heavy atom. The Balaban J connectivity index is 2.21. The zero-order valence-electron chi connectivity index (χ0n) is 20.7. The van der Waals surface area contributed by atoms with Gasteiger partial charge in [0.2, 0.25) is 0 Å². The maximum atomic E-state index is 13.7. The number of hydrogen-bond acceptors (Lipinski definition) is 5. The van der Waals surface area contributed by atoms with Gasteiger partial charge in [0, 0.05) is 56.8 Å². The highest BCUT2D eigenvalue weighted by atomic mass is 28.3. The highest BCUT2D eigenvalue weighted by Crippen LogP contribution is 2.29. The van der Waals surface area contributed by atoms with Gasteiger partial charge in [0.25, 0.3) is 0 Å². The molecule has 0 aliphatic carbocycles. The van der Waals surface area contributed by atoms with E-state index in [4.69, 9.17) is 4.74 Å². The number of esters is 1. The zero-order valence-corrected chi connectivity index (χ0v) is 21.7. The molecule has 0 saturated carbocycles. The molecular weight excluding hydrogens is 416 g/mol. The predicted molar refractivity (Wildman–Crippen MR) is 137 cm³/mol. The molecule has 0 unspecified atom stereocenters. The molecule has 0 bridgehead atoms. The Labute approximate surface area is 192 Å². The summed E-state index contributed by atoms with van der Waals surface area (Å²) < 4.78 is 5.42. The number of hydrogen-bond donors (Lipinski definition) is 0. The molecule has 32 heavy (non-hydrogen) atoms. The van der Waals surface area contributed by atoms with Crippen LogP contribution in [0.4, 0.5) is 11.4 Å². The summed E-state index contributed by atoms with van der Waals surface area (Å²) in [4.78, 5) is 30.1. The molecule has 0 fully saturated rings. The summed E-state index contributed by atoms with van der Waals surface area (Å²) in [5.41, 5.74) is 3.76. The summed E-state index contributed by atoms with van der Waals surface area (Å²) in [6, 6.07) is 10.2. The van der Waals surface area contributed by atoms with Crippen LogP contribution in [-0.2, 0) is 9.53 Å². The van der Waals surface area contributed by atoms with Gasteiger partial charge in [0.15, 0.2) is 5.78 Å². The third kappa shape index (κ3) is 4.51. The minimum absolute atomic E-state index is 0.0151. The van der Waals surface area contributed by atoms with E-state index in [1.165, 1.54) is 6.08 Å². The van der Waals surface area contributed by atoms with Crippen LogP contribution in [0.1, 0.15) is 42.3 Å². The maximum absolute atomic E-state index is 13.7. The second kappa shape index (κ2) is 8.24. The molecular formula is C26H34N2O3Si. The molecule has 2 aromatic carbocycles. The Hall–Kier alpha value is -2.86. The minimum atomic E-state index is -2.18. The van der Waals surface area contributed by atoms with E-state index in [0.717, 1.165) is 32.9 Å². The van der Waals surface area contributed by atoms with Gasteiger partial charge in [-0.1, -0.05) is 13.1 Å². The van der Waals surface area contributed by atoms with E-state index in [1.54, 1.807) is 6.08 Å². The third-order valence-corrected chi connectivity index (χ3v) is 9.32. The molecule has 0 amide bonds. The van der Waals surface area contributed by atoms with Crippen molar-refractivity contribution in [2.75, 3.05) is 38.0 Å². The molecule has 0 radical (unpaired) electrons. The fourth-order valence-corrected chi connectivity index (χ4v) is 7.14. The molecule has 2 aromatic rings. The lowest BCUT2D eigenvalue weighted by Gasteiger charge is -2.35. The van der Waals surface area contributed by atoms with Gasteiger partial charge in [-0.05, 0) is 73.1 Å². The summed E-state index contributed by atoms with van der Waals surface area (Å²) in [5.74, 6) is -0.404. The Morgan fingerprint density at radius 2 is 1.53 bits per heavy atom. The van der Waals surface area contributed by atoms with Crippen LogP contribution >= 0.6 is 0 Å². The van der Waals surface area contributed by atoms with Gasteiger partial charge >= 0.3 is 5.97 Å². The summed E-state index contributed by atoms with van der Waals surface area (Å²) in [5, 5.41) is 2.25. The SMILES string of the molecule is CN(C)c1ccc2c(c1)[Si](C)(C)c1cc(N(C)C)cc(/C=C/C(=O)OC(C)(C)C)c1C2=O. The fraction of sp³-hybridized carbons (Fsp3) is 0.385. The summed E-state index contributed by atoms with van der Waals surface area (Å²) in [7, 11) is 5.82. The zero-order chi connectivity index (χ0) is 24.0. The van der Waals surface area contributed by atoms with E-state index >= 15 is 0 Å². The van der Waals surface area contributed by atoms with E-state index in [-0.39, 0.29) is 5.78 Å². The quantitative estimate of drug-likeness (QED) is 0.405. The Morgan fingerprint density at radius 1 is 0.938 bits per heavy atom. The van der Waals surface area contributed by atoms with Gasteiger partial charge in [-0.3, -0.25) is 4.79 Å². The second-order valence-electron chi connectivity index (χ2n) is 10.3. The first kappa shape index (κ1) is 23.8. The minimum Gasteiger partial charge on any atom is -0.457 e. The van der Waals surface area contributed by atoms with Crippen molar-refractivity contribution < 1.29 is 14.3 Å².